The van der Waals surface area contributed by atoms with E-state index in [0.717, 1.165) is 16.0 Å². The molecule has 0 fully saturated rings. The van der Waals surface area contributed by atoms with Gasteiger partial charge < -0.3 is 4.74 Å². The quantitative estimate of drug-likeness (QED) is 0.789. The molecular formula is C10H11NO2S. The Morgan fingerprint density at radius 3 is 3.00 bits per heavy atom. The predicted molar refractivity (Wildman–Crippen MR) is 57.4 cm³/mol. The molecule has 2 rings (SSSR count). The van der Waals surface area contributed by atoms with Crippen LogP contribution in [0.2, 0.25) is 0 Å². The van der Waals surface area contributed by atoms with E-state index in [1.54, 1.807) is 18.4 Å². The Morgan fingerprint density at radius 1 is 1.43 bits per heavy atom. The van der Waals surface area contributed by atoms with Crippen molar-refractivity contribution < 1.29 is 9.57 Å². The predicted octanol–water partition coefficient (Wildman–Crippen LogP) is 2.30. The zero-order valence-electron chi connectivity index (χ0n) is 7.82. The number of hydrogen-bond donors (Lipinski definition) is 1. The Balaban J connectivity index is 2.52. The lowest BCUT2D eigenvalue weighted by Gasteiger charge is -1.99. The van der Waals surface area contributed by atoms with E-state index in [2.05, 4.69) is 10.9 Å². The second-order valence-corrected chi connectivity index (χ2v) is 4.06. The molecule has 74 valence electrons. The van der Waals surface area contributed by atoms with Gasteiger partial charge >= 0.3 is 0 Å². The molecule has 0 atom stereocenters. The van der Waals surface area contributed by atoms with E-state index < -0.39 is 0 Å². The first-order valence-electron chi connectivity index (χ1n) is 4.22. The van der Waals surface area contributed by atoms with Crippen LogP contribution in [0.25, 0.3) is 10.1 Å². The monoisotopic (exact) mass is 209 g/mol. The van der Waals surface area contributed by atoms with Crippen LogP contribution in [-0.2, 0) is 11.4 Å². The summed E-state index contributed by atoms with van der Waals surface area (Å²) in [5, 5.41) is 1.12. The molecule has 0 aliphatic rings. The molecule has 0 spiro atoms. The van der Waals surface area contributed by atoms with Crippen molar-refractivity contribution in [2.45, 2.75) is 6.61 Å². The minimum absolute atomic E-state index is 0.447. The Bertz CT molecular complexity index is 439. The van der Waals surface area contributed by atoms with E-state index >= 15 is 0 Å². The summed E-state index contributed by atoms with van der Waals surface area (Å²) in [6.45, 7) is 0.447. The first-order chi connectivity index (χ1) is 6.85. The summed E-state index contributed by atoms with van der Waals surface area (Å²) >= 11 is 1.67. The molecule has 2 aromatic rings. The standard InChI is InChI=1S/C10H11NO2S/c1-12-9-3-2-4-10-8(9)5-7(14-10)6-13-11/h2-5H,6,11H2,1H3. The maximum absolute atomic E-state index is 5.25. The molecule has 14 heavy (non-hydrogen) atoms. The number of nitrogens with two attached hydrogens (primary N) is 1. The van der Waals surface area contributed by atoms with E-state index in [-0.39, 0.29) is 0 Å². The van der Waals surface area contributed by atoms with Gasteiger partial charge in [0.2, 0.25) is 0 Å². The second-order valence-electron chi connectivity index (χ2n) is 2.90. The van der Waals surface area contributed by atoms with Gasteiger partial charge in [-0.25, -0.2) is 5.90 Å². The van der Waals surface area contributed by atoms with Crippen molar-refractivity contribution in [3.05, 3.63) is 29.1 Å². The number of hydrogen-bond acceptors (Lipinski definition) is 4. The molecule has 1 aromatic heterocycles. The van der Waals surface area contributed by atoms with Gasteiger partial charge in [0, 0.05) is 15.0 Å². The van der Waals surface area contributed by atoms with Crippen LogP contribution in [0, 0.1) is 0 Å². The lowest BCUT2D eigenvalue weighted by molar-refractivity contribution is 0.126. The number of methoxy groups -OCH3 is 1. The highest BCUT2D eigenvalue weighted by molar-refractivity contribution is 7.19. The Hall–Kier alpha value is -1.10. The van der Waals surface area contributed by atoms with E-state index in [1.165, 1.54) is 4.70 Å². The van der Waals surface area contributed by atoms with Gasteiger partial charge in [-0.2, -0.15) is 0 Å². The lowest BCUT2D eigenvalue weighted by atomic mass is 10.2. The molecule has 0 amide bonds. The third-order valence-electron chi connectivity index (χ3n) is 2.02. The summed E-state index contributed by atoms with van der Waals surface area (Å²) in [6, 6.07) is 8.03. The van der Waals surface area contributed by atoms with Gasteiger partial charge in [-0.3, -0.25) is 4.84 Å². The first kappa shape index (κ1) is 9.45. The fourth-order valence-corrected chi connectivity index (χ4v) is 2.42. The smallest absolute Gasteiger partial charge is 0.127 e. The van der Waals surface area contributed by atoms with Crippen LogP contribution in [0.3, 0.4) is 0 Å². The van der Waals surface area contributed by atoms with Gasteiger partial charge in [0.05, 0.1) is 7.11 Å². The minimum Gasteiger partial charge on any atom is -0.496 e. The maximum atomic E-state index is 5.25. The summed E-state index contributed by atoms with van der Waals surface area (Å²) in [5.41, 5.74) is 0. The van der Waals surface area contributed by atoms with Gasteiger partial charge in [0.25, 0.3) is 0 Å². The lowest BCUT2D eigenvalue weighted by Crippen LogP contribution is -1.96. The van der Waals surface area contributed by atoms with Crippen LogP contribution in [0.5, 0.6) is 5.75 Å². The molecule has 3 nitrogen and oxygen atoms in total. The highest BCUT2D eigenvalue weighted by Gasteiger charge is 2.05. The molecule has 0 saturated carbocycles. The second kappa shape index (κ2) is 3.96. The van der Waals surface area contributed by atoms with Crippen molar-refractivity contribution in [1.82, 2.24) is 0 Å². The van der Waals surface area contributed by atoms with Gasteiger partial charge in [0.1, 0.15) is 12.4 Å². The van der Waals surface area contributed by atoms with Gasteiger partial charge in [-0.1, -0.05) is 6.07 Å². The number of thiophene rings is 1. The van der Waals surface area contributed by atoms with Crippen molar-refractivity contribution in [1.29, 1.82) is 0 Å². The van der Waals surface area contributed by atoms with Gasteiger partial charge in [0.15, 0.2) is 0 Å². The fourth-order valence-electron chi connectivity index (χ4n) is 1.42. The van der Waals surface area contributed by atoms with E-state index in [9.17, 15) is 0 Å². The van der Waals surface area contributed by atoms with Crippen LogP contribution < -0.4 is 10.6 Å². The molecule has 2 N–H and O–H groups in total. The largest absolute Gasteiger partial charge is 0.496 e. The maximum Gasteiger partial charge on any atom is 0.127 e. The molecule has 0 bridgehead atoms. The van der Waals surface area contributed by atoms with E-state index in [0.29, 0.717) is 6.61 Å². The van der Waals surface area contributed by atoms with Crippen molar-refractivity contribution in [2.75, 3.05) is 7.11 Å². The molecule has 0 saturated heterocycles. The number of ether oxygens (including phenoxy) is 1. The first-order valence-corrected chi connectivity index (χ1v) is 5.04. The van der Waals surface area contributed by atoms with Crippen LogP contribution in [0.15, 0.2) is 24.3 Å². The average Bonchev–Trinajstić information content (AvgIpc) is 2.60. The number of fused-ring (bicyclic) bond motifs is 1. The van der Waals surface area contributed by atoms with Crippen molar-refractivity contribution in [3.8, 4) is 5.75 Å². The van der Waals surface area contributed by atoms with Crippen LogP contribution in [0.1, 0.15) is 4.88 Å². The van der Waals surface area contributed by atoms with Crippen LogP contribution >= 0.6 is 11.3 Å². The van der Waals surface area contributed by atoms with Crippen LogP contribution in [-0.4, -0.2) is 7.11 Å². The summed E-state index contributed by atoms with van der Waals surface area (Å²) in [5.74, 6) is 5.92. The fraction of sp³-hybridized carbons (Fsp3) is 0.200. The summed E-state index contributed by atoms with van der Waals surface area (Å²) < 4.78 is 6.44. The van der Waals surface area contributed by atoms with E-state index in [1.807, 2.05) is 18.2 Å². The van der Waals surface area contributed by atoms with Crippen molar-refractivity contribution in [2.24, 2.45) is 5.90 Å². The molecule has 1 aromatic carbocycles. The van der Waals surface area contributed by atoms with Gasteiger partial charge in [-0.05, 0) is 18.2 Å². The normalized spacial score (nSPS) is 10.7. The summed E-state index contributed by atoms with van der Waals surface area (Å²) in [6.07, 6.45) is 0. The zero-order valence-corrected chi connectivity index (χ0v) is 8.64. The molecular weight excluding hydrogens is 198 g/mol. The average molecular weight is 209 g/mol. The Kier molecular flexibility index (Phi) is 2.67. The Labute approximate surface area is 86.0 Å². The molecule has 0 radical (unpaired) electrons. The highest BCUT2D eigenvalue weighted by Crippen LogP contribution is 2.32. The molecule has 4 heteroatoms. The topological polar surface area (TPSA) is 44.5 Å². The molecule has 0 aliphatic heterocycles. The minimum atomic E-state index is 0.447. The molecule has 1 heterocycles. The van der Waals surface area contributed by atoms with Crippen LogP contribution in [0.4, 0.5) is 0 Å². The SMILES string of the molecule is COc1cccc2sc(CON)cc12. The third kappa shape index (κ3) is 1.59. The summed E-state index contributed by atoms with van der Waals surface area (Å²) in [4.78, 5) is 5.70. The highest BCUT2D eigenvalue weighted by atomic mass is 32.1. The van der Waals surface area contributed by atoms with Gasteiger partial charge in [-0.15, -0.1) is 11.3 Å². The van der Waals surface area contributed by atoms with Crippen molar-refractivity contribution >= 4 is 21.4 Å². The van der Waals surface area contributed by atoms with E-state index in [4.69, 9.17) is 10.6 Å². The number of rotatable bonds is 3. The third-order valence-corrected chi connectivity index (χ3v) is 3.09. The molecule has 0 aliphatic carbocycles. The summed E-state index contributed by atoms with van der Waals surface area (Å²) in [7, 11) is 1.67. The molecule has 0 unspecified atom stereocenters. The number of benzene rings is 1. The Morgan fingerprint density at radius 2 is 2.29 bits per heavy atom. The van der Waals surface area contributed by atoms with Crippen molar-refractivity contribution in [3.63, 3.8) is 0 Å². The zero-order chi connectivity index (χ0) is 9.97.